The van der Waals surface area contributed by atoms with E-state index < -0.39 is 11.9 Å². The quantitative estimate of drug-likeness (QED) is 0.421. The maximum atomic E-state index is 12.5. The first-order valence-electron chi connectivity index (χ1n) is 8.58. The van der Waals surface area contributed by atoms with E-state index in [1.165, 1.54) is 11.8 Å². The number of ether oxygens (including phenoxy) is 2. The van der Waals surface area contributed by atoms with E-state index in [0.717, 1.165) is 10.5 Å². The van der Waals surface area contributed by atoms with Gasteiger partial charge in [-0.3, -0.25) is 9.59 Å². The molecule has 1 heterocycles. The second kappa shape index (κ2) is 9.41. The number of thioether (sulfide) groups is 1. The SMILES string of the molecule is CCOC(=O)c1[nH]c(C)c(C(=O)COC(=O)CSc2ccccc2C)c1C. The van der Waals surface area contributed by atoms with Crippen molar-refractivity contribution in [3.63, 3.8) is 0 Å². The van der Waals surface area contributed by atoms with E-state index in [1.54, 1.807) is 20.8 Å². The third-order valence-electron chi connectivity index (χ3n) is 4.00. The van der Waals surface area contributed by atoms with Crippen molar-refractivity contribution in [3.8, 4) is 0 Å². The van der Waals surface area contributed by atoms with Crippen LogP contribution in [-0.4, -0.2) is 41.7 Å². The molecule has 0 atom stereocenters. The fourth-order valence-electron chi connectivity index (χ4n) is 2.69. The number of esters is 2. The molecule has 0 bridgehead atoms. The first-order chi connectivity index (χ1) is 12.8. The molecule has 0 unspecified atom stereocenters. The molecule has 1 aromatic carbocycles. The van der Waals surface area contributed by atoms with Gasteiger partial charge in [-0.15, -0.1) is 11.8 Å². The number of aryl methyl sites for hydroxylation is 2. The Kier molecular flexibility index (Phi) is 7.24. The summed E-state index contributed by atoms with van der Waals surface area (Å²) in [5, 5.41) is 0. The third kappa shape index (κ3) is 5.23. The van der Waals surface area contributed by atoms with Crippen molar-refractivity contribution in [1.29, 1.82) is 0 Å². The zero-order valence-corrected chi connectivity index (χ0v) is 16.7. The lowest BCUT2D eigenvalue weighted by molar-refractivity contribution is -0.139. The lowest BCUT2D eigenvalue weighted by Gasteiger charge is -2.07. The Morgan fingerprint density at radius 2 is 1.78 bits per heavy atom. The number of aromatic nitrogens is 1. The van der Waals surface area contributed by atoms with Crippen LogP contribution in [0.2, 0.25) is 0 Å². The number of hydrogen-bond donors (Lipinski definition) is 1. The van der Waals surface area contributed by atoms with E-state index in [0.29, 0.717) is 16.8 Å². The van der Waals surface area contributed by atoms with Crippen LogP contribution in [0.4, 0.5) is 0 Å². The zero-order valence-electron chi connectivity index (χ0n) is 15.9. The number of rotatable bonds is 8. The van der Waals surface area contributed by atoms with Gasteiger partial charge in [0.15, 0.2) is 6.61 Å². The van der Waals surface area contributed by atoms with E-state index in [-0.39, 0.29) is 30.4 Å². The molecule has 0 spiro atoms. The van der Waals surface area contributed by atoms with Crippen LogP contribution in [0.1, 0.15) is 44.6 Å². The smallest absolute Gasteiger partial charge is 0.355 e. The lowest BCUT2D eigenvalue weighted by atomic mass is 10.1. The summed E-state index contributed by atoms with van der Waals surface area (Å²) in [7, 11) is 0. The molecule has 2 aromatic rings. The Hall–Kier alpha value is -2.54. The summed E-state index contributed by atoms with van der Waals surface area (Å²) in [6.45, 7) is 6.92. The molecule has 27 heavy (non-hydrogen) atoms. The first kappa shape index (κ1) is 20.8. The van der Waals surface area contributed by atoms with Crippen LogP contribution in [0.15, 0.2) is 29.2 Å². The van der Waals surface area contributed by atoms with E-state index in [9.17, 15) is 14.4 Å². The number of ketones is 1. The highest BCUT2D eigenvalue weighted by molar-refractivity contribution is 8.00. The monoisotopic (exact) mass is 389 g/mol. The van der Waals surface area contributed by atoms with Crippen molar-refractivity contribution in [2.24, 2.45) is 0 Å². The molecule has 1 N–H and O–H groups in total. The summed E-state index contributed by atoms with van der Waals surface area (Å²) in [6.07, 6.45) is 0. The zero-order chi connectivity index (χ0) is 20.0. The van der Waals surface area contributed by atoms with Gasteiger partial charge in [0.1, 0.15) is 5.69 Å². The number of H-pyrrole nitrogens is 1. The third-order valence-corrected chi connectivity index (χ3v) is 5.15. The maximum Gasteiger partial charge on any atom is 0.355 e. The van der Waals surface area contributed by atoms with Crippen LogP contribution in [-0.2, 0) is 14.3 Å². The van der Waals surface area contributed by atoms with Crippen LogP contribution >= 0.6 is 11.8 Å². The number of carbonyl (C=O) groups excluding carboxylic acids is 3. The van der Waals surface area contributed by atoms with Crippen molar-refractivity contribution in [2.45, 2.75) is 32.6 Å². The maximum absolute atomic E-state index is 12.5. The predicted molar refractivity (Wildman–Crippen MR) is 103 cm³/mol. The van der Waals surface area contributed by atoms with Gasteiger partial charge in [-0.2, -0.15) is 0 Å². The minimum absolute atomic E-state index is 0.122. The second-order valence-electron chi connectivity index (χ2n) is 5.98. The molecule has 0 fully saturated rings. The first-order valence-corrected chi connectivity index (χ1v) is 9.57. The highest BCUT2D eigenvalue weighted by Gasteiger charge is 2.23. The molecule has 7 heteroatoms. The molecule has 0 amide bonds. The summed E-state index contributed by atoms with van der Waals surface area (Å²) in [4.78, 5) is 40.2. The van der Waals surface area contributed by atoms with Gasteiger partial charge in [-0.25, -0.2) is 4.79 Å². The molecule has 0 aliphatic heterocycles. The van der Waals surface area contributed by atoms with Gasteiger partial charge in [0.05, 0.1) is 12.4 Å². The van der Waals surface area contributed by atoms with Crippen LogP contribution in [0.25, 0.3) is 0 Å². The number of Topliss-reactive ketones (excluding diaryl/α,β-unsaturated/α-hetero) is 1. The molecular formula is C20H23NO5S. The minimum Gasteiger partial charge on any atom is -0.461 e. The Morgan fingerprint density at radius 1 is 1.07 bits per heavy atom. The second-order valence-corrected chi connectivity index (χ2v) is 7.00. The fourth-order valence-corrected chi connectivity index (χ4v) is 3.52. The van der Waals surface area contributed by atoms with Gasteiger partial charge >= 0.3 is 11.9 Å². The number of hydrogen-bond acceptors (Lipinski definition) is 6. The average molecular weight is 389 g/mol. The highest BCUT2D eigenvalue weighted by atomic mass is 32.2. The molecule has 0 saturated carbocycles. The number of nitrogens with one attached hydrogen (secondary N) is 1. The molecule has 2 rings (SSSR count). The lowest BCUT2D eigenvalue weighted by Crippen LogP contribution is -2.16. The summed E-state index contributed by atoms with van der Waals surface area (Å²) in [6, 6.07) is 7.74. The van der Waals surface area contributed by atoms with Crippen molar-refractivity contribution in [2.75, 3.05) is 19.0 Å². The van der Waals surface area contributed by atoms with Crippen LogP contribution in [0.3, 0.4) is 0 Å². The Labute approximate surface area is 162 Å². The van der Waals surface area contributed by atoms with E-state index >= 15 is 0 Å². The molecule has 1 aromatic heterocycles. The number of benzene rings is 1. The molecule has 0 radical (unpaired) electrons. The average Bonchev–Trinajstić information content (AvgIpc) is 2.93. The summed E-state index contributed by atoms with van der Waals surface area (Å²) in [5.74, 6) is -1.21. The largest absolute Gasteiger partial charge is 0.461 e. The standard InChI is InChI=1S/C20H23NO5S/c1-5-25-20(24)19-13(3)18(14(4)21-19)15(22)10-26-17(23)11-27-16-9-7-6-8-12(16)2/h6-9,21H,5,10-11H2,1-4H3. The van der Waals surface area contributed by atoms with Gasteiger partial charge in [-0.1, -0.05) is 18.2 Å². The Bertz CT molecular complexity index is 856. The van der Waals surface area contributed by atoms with Crippen molar-refractivity contribution in [3.05, 3.63) is 52.3 Å². The van der Waals surface area contributed by atoms with Crippen molar-refractivity contribution < 1.29 is 23.9 Å². The van der Waals surface area contributed by atoms with E-state index in [1.807, 2.05) is 31.2 Å². The molecular weight excluding hydrogens is 366 g/mol. The summed E-state index contributed by atoms with van der Waals surface area (Å²) in [5.41, 5.74) is 2.74. The molecule has 144 valence electrons. The van der Waals surface area contributed by atoms with Crippen LogP contribution < -0.4 is 0 Å². The minimum atomic E-state index is -0.510. The number of aromatic amines is 1. The molecule has 0 saturated heterocycles. The predicted octanol–water partition coefficient (Wildman–Crippen LogP) is 3.63. The Balaban J connectivity index is 1.94. The van der Waals surface area contributed by atoms with Gasteiger partial charge in [0, 0.05) is 16.2 Å². The van der Waals surface area contributed by atoms with E-state index in [2.05, 4.69) is 4.98 Å². The van der Waals surface area contributed by atoms with E-state index in [4.69, 9.17) is 9.47 Å². The van der Waals surface area contributed by atoms with Crippen molar-refractivity contribution >= 4 is 29.5 Å². The van der Waals surface area contributed by atoms with Crippen LogP contribution in [0, 0.1) is 20.8 Å². The van der Waals surface area contributed by atoms with Gasteiger partial charge < -0.3 is 14.5 Å². The highest BCUT2D eigenvalue weighted by Crippen LogP contribution is 2.22. The molecule has 6 nitrogen and oxygen atoms in total. The van der Waals surface area contributed by atoms with Gasteiger partial charge in [0.2, 0.25) is 5.78 Å². The fraction of sp³-hybridized carbons (Fsp3) is 0.350. The number of carbonyl (C=O) groups is 3. The normalized spacial score (nSPS) is 10.5. The van der Waals surface area contributed by atoms with Gasteiger partial charge in [0.25, 0.3) is 0 Å². The van der Waals surface area contributed by atoms with Gasteiger partial charge in [-0.05, 0) is 44.9 Å². The van der Waals surface area contributed by atoms with Crippen LogP contribution in [0.5, 0.6) is 0 Å². The molecule has 0 aliphatic rings. The summed E-state index contributed by atoms with van der Waals surface area (Å²) >= 11 is 1.37. The molecule has 0 aliphatic carbocycles. The van der Waals surface area contributed by atoms with Crippen molar-refractivity contribution in [1.82, 2.24) is 4.98 Å². The topological polar surface area (TPSA) is 85.5 Å². The summed E-state index contributed by atoms with van der Waals surface area (Å²) < 4.78 is 10.1. The Morgan fingerprint density at radius 3 is 2.44 bits per heavy atom.